The highest BCUT2D eigenvalue weighted by Crippen LogP contribution is 2.26. The van der Waals surface area contributed by atoms with Crippen LogP contribution in [0.15, 0.2) is 18.2 Å². The number of benzene rings is 1. The monoisotopic (exact) mass is 284 g/mol. The number of aromatic carboxylic acids is 1. The van der Waals surface area contributed by atoms with Crippen LogP contribution in [0, 0.1) is 11.7 Å². The van der Waals surface area contributed by atoms with Crippen molar-refractivity contribution in [3.05, 3.63) is 35.1 Å². The predicted octanol–water partition coefficient (Wildman–Crippen LogP) is 2.96. The normalized spacial score (nSPS) is 17.5. The lowest BCUT2D eigenvalue weighted by molar-refractivity contribution is 0.0696. The van der Waals surface area contributed by atoms with Crippen LogP contribution in [0.5, 0.6) is 0 Å². The summed E-state index contributed by atoms with van der Waals surface area (Å²) in [6.07, 6.45) is 4.57. The van der Waals surface area contributed by atoms with Crippen LogP contribution < -0.4 is 0 Å². The van der Waals surface area contributed by atoms with Crippen molar-refractivity contribution >= 4 is 16.8 Å². The molecule has 0 aliphatic heterocycles. The Morgan fingerprint density at radius 3 is 2.68 bits per heavy atom. The van der Waals surface area contributed by atoms with E-state index in [1.54, 1.807) is 0 Å². The van der Waals surface area contributed by atoms with E-state index in [0.29, 0.717) is 11.7 Å². The third-order valence-electron chi connectivity index (χ3n) is 3.51. The van der Waals surface area contributed by atoms with Gasteiger partial charge in [-0.3, -0.25) is 4.21 Å². The van der Waals surface area contributed by atoms with E-state index >= 15 is 0 Å². The molecule has 1 fully saturated rings. The van der Waals surface area contributed by atoms with E-state index in [2.05, 4.69) is 0 Å². The fraction of sp³-hybridized carbons (Fsp3) is 0.500. The van der Waals surface area contributed by atoms with Crippen molar-refractivity contribution in [1.82, 2.24) is 0 Å². The van der Waals surface area contributed by atoms with Crippen LogP contribution in [-0.4, -0.2) is 21.0 Å². The standard InChI is InChI=1S/C14H17FO3S/c15-13-6-5-11(14(16)17)7-12(13)9-19(18)8-10-3-1-2-4-10/h5-7,10H,1-4,8-9H2,(H,16,17). The minimum absolute atomic E-state index is 0.0364. The zero-order chi connectivity index (χ0) is 13.8. The molecule has 1 aliphatic rings. The smallest absolute Gasteiger partial charge is 0.335 e. The summed E-state index contributed by atoms with van der Waals surface area (Å²) in [5.74, 6) is -0.403. The van der Waals surface area contributed by atoms with Gasteiger partial charge in [-0.05, 0) is 37.0 Å². The minimum atomic E-state index is -1.13. The molecule has 0 heterocycles. The molecule has 2 rings (SSSR count). The van der Waals surface area contributed by atoms with Crippen molar-refractivity contribution in [2.24, 2.45) is 5.92 Å². The summed E-state index contributed by atoms with van der Waals surface area (Å²) in [4.78, 5) is 10.8. The van der Waals surface area contributed by atoms with Gasteiger partial charge < -0.3 is 5.11 Å². The minimum Gasteiger partial charge on any atom is -0.478 e. The molecule has 5 heteroatoms. The van der Waals surface area contributed by atoms with Crippen LogP contribution in [0.1, 0.15) is 41.6 Å². The summed E-state index contributed by atoms with van der Waals surface area (Å²) in [5.41, 5.74) is 0.269. The Morgan fingerprint density at radius 1 is 1.37 bits per heavy atom. The maximum Gasteiger partial charge on any atom is 0.335 e. The Balaban J connectivity index is 2.02. The predicted molar refractivity (Wildman–Crippen MR) is 72.0 cm³/mol. The summed E-state index contributed by atoms with van der Waals surface area (Å²) in [5, 5.41) is 8.87. The highest BCUT2D eigenvalue weighted by Gasteiger charge is 2.19. The van der Waals surface area contributed by atoms with E-state index in [0.717, 1.165) is 18.9 Å². The second-order valence-corrected chi connectivity index (χ2v) is 6.51. The summed E-state index contributed by atoms with van der Waals surface area (Å²) >= 11 is 0. The molecule has 1 saturated carbocycles. The highest BCUT2D eigenvalue weighted by molar-refractivity contribution is 7.84. The highest BCUT2D eigenvalue weighted by atomic mass is 32.2. The molecule has 1 N–H and O–H groups in total. The van der Waals surface area contributed by atoms with Gasteiger partial charge in [0.05, 0.1) is 11.3 Å². The number of rotatable bonds is 5. The third kappa shape index (κ3) is 3.86. The van der Waals surface area contributed by atoms with Gasteiger partial charge >= 0.3 is 5.97 Å². The van der Waals surface area contributed by atoms with Crippen molar-refractivity contribution in [1.29, 1.82) is 0 Å². The SMILES string of the molecule is O=C(O)c1ccc(F)c(CS(=O)CC2CCCC2)c1. The quantitative estimate of drug-likeness (QED) is 0.904. The van der Waals surface area contributed by atoms with Crippen molar-refractivity contribution in [2.45, 2.75) is 31.4 Å². The van der Waals surface area contributed by atoms with Crippen LogP contribution in [0.25, 0.3) is 0 Å². The van der Waals surface area contributed by atoms with Gasteiger partial charge in [0, 0.05) is 22.1 Å². The van der Waals surface area contributed by atoms with E-state index in [-0.39, 0.29) is 16.9 Å². The molecule has 1 unspecified atom stereocenters. The topological polar surface area (TPSA) is 54.4 Å². The molecule has 1 atom stereocenters. The zero-order valence-corrected chi connectivity index (χ0v) is 11.4. The number of hydrogen-bond acceptors (Lipinski definition) is 2. The Kier molecular flexibility index (Phi) is 4.69. The van der Waals surface area contributed by atoms with E-state index in [1.807, 2.05) is 0 Å². The molecule has 3 nitrogen and oxygen atoms in total. The molecule has 0 saturated heterocycles. The van der Waals surface area contributed by atoms with Crippen molar-refractivity contribution < 1.29 is 18.5 Å². The first-order valence-corrected chi connectivity index (χ1v) is 7.92. The Labute approximate surface area is 114 Å². The molecule has 104 valence electrons. The molecule has 0 bridgehead atoms. The Morgan fingerprint density at radius 2 is 2.05 bits per heavy atom. The van der Waals surface area contributed by atoms with E-state index in [9.17, 15) is 13.4 Å². The molecular formula is C14H17FO3S. The van der Waals surface area contributed by atoms with Crippen LogP contribution >= 0.6 is 0 Å². The number of halogens is 1. The molecule has 0 spiro atoms. The number of carbonyl (C=O) groups is 1. The fourth-order valence-electron chi connectivity index (χ4n) is 2.49. The van der Waals surface area contributed by atoms with Gasteiger partial charge in [0.1, 0.15) is 5.82 Å². The number of carboxylic acids is 1. The molecular weight excluding hydrogens is 267 g/mol. The van der Waals surface area contributed by atoms with Gasteiger partial charge in [-0.15, -0.1) is 0 Å². The first kappa shape index (κ1) is 14.2. The van der Waals surface area contributed by atoms with E-state index < -0.39 is 22.6 Å². The van der Waals surface area contributed by atoms with Gasteiger partial charge in [-0.1, -0.05) is 12.8 Å². The van der Waals surface area contributed by atoms with Crippen LogP contribution in [0.2, 0.25) is 0 Å². The second kappa shape index (κ2) is 6.28. The first-order valence-electron chi connectivity index (χ1n) is 6.43. The largest absolute Gasteiger partial charge is 0.478 e. The fourth-order valence-corrected chi connectivity index (χ4v) is 4.04. The molecule has 0 aromatic heterocycles. The lowest BCUT2D eigenvalue weighted by Crippen LogP contribution is -2.11. The van der Waals surface area contributed by atoms with E-state index in [1.165, 1.54) is 25.0 Å². The average Bonchev–Trinajstić information content (AvgIpc) is 2.84. The lowest BCUT2D eigenvalue weighted by atomic mass is 10.1. The first-order chi connectivity index (χ1) is 9.06. The zero-order valence-electron chi connectivity index (χ0n) is 10.6. The van der Waals surface area contributed by atoms with Crippen molar-refractivity contribution in [3.8, 4) is 0 Å². The van der Waals surface area contributed by atoms with Crippen molar-refractivity contribution in [2.75, 3.05) is 5.75 Å². The second-order valence-electron chi connectivity index (χ2n) is 5.01. The third-order valence-corrected chi connectivity index (χ3v) is 4.98. The number of carboxylic acid groups (broad SMARTS) is 1. The summed E-state index contributed by atoms with van der Waals surface area (Å²) in [7, 11) is -1.13. The van der Waals surface area contributed by atoms with Gasteiger partial charge in [0.25, 0.3) is 0 Å². The average molecular weight is 284 g/mol. The van der Waals surface area contributed by atoms with E-state index in [4.69, 9.17) is 5.11 Å². The molecule has 0 amide bonds. The Hall–Kier alpha value is -1.23. The van der Waals surface area contributed by atoms with Crippen LogP contribution in [-0.2, 0) is 16.6 Å². The number of hydrogen-bond donors (Lipinski definition) is 1. The van der Waals surface area contributed by atoms with Crippen molar-refractivity contribution in [3.63, 3.8) is 0 Å². The summed E-state index contributed by atoms with van der Waals surface area (Å²) < 4.78 is 25.6. The maximum atomic E-state index is 13.6. The van der Waals surface area contributed by atoms with Gasteiger partial charge in [0.2, 0.25) is 0 Å². The molecule has 19 heavy (non-hydrogen) atoms. The van der Waals surface area contributed by atoms with Crippen LogP contribution in [0.3, 0.4) is 0 Å². The van der Waals surface area contributed by atoms with Gasteiger partial charge in [0.15, 0.2) is 0 Å². The molecule has 1 aromatic rings. The maximum absolute atomic E-state index is 13.6. The molecule has 0 radical (unpaired) electrons. The summed E-state index contributed by atoms with van der Waals surface area (Å²) in [6.45, 7) is 0. The lowest BCUT2D eigenvalue weighted by Gasteiger charge is -2.09. The Bertz CT molecular complexity index is 495. The summed E-state index contributed by atoms with van der Waals surface area (Å²) in [6, 6.07) is 3.64. The molecule has 1 aromatic carbocycles. The van der Waals surface area contributed by atoms with Crippen LogP contribution in [0.4, 0.5) is 4.39 Å². The van der Waals surface area contributed by atoms with Gasteiger partial charge in [-0.25, -0.2) is 9.18 Å². The molecule has 1 aliphatic carbocycles. The van der Waals surface area contributed by atoms with Gasteiger partial charge in [-0.2, -0.15) is 0 Å².